The minimum Gasteiger partial charge on any atom is -0.383 e. The molecule has 1 atom stereocenters. The Morgan fingerprint density at radius 3 is 2.30 bits per heavy atom. The Hall–Kier alpha value is -1.06. The van der Waals surface area contributed by atoms with E-state index < -0.39 is 0 Å². The summed E-state index contributed by atoms with van der Waals surface area (Å²) in [7, 11) is 3.89. The summed E-state index contributed by atoms with van der Waals surface area (Å²) in [5, 5.41) is 3.36. The summed E-state index contributed by atoms with van der Waals surface area (Å²) < 4.78 is 5.02. The topological polar surface area (TPSA) is 24.5 Å². The van der Waals surface area contributed by atoms with Crippen LogP contribution >= 0.6 is 0 Å². The molecule has 1 N–H and O–H groups in total. The van der Waals surface area contributed by atoms with Crippen molar-refractivity contribution < 1.29 is 4.74 Å². The lowest BCUT2D eigenvalue weighted by Gasteiger charge is -2.37. The third-order valence-corrected chi connectivity index (χ3v) is 3.99. The molecular weight excluding hydrogens is 248 g/mol. The molecule has 0 aromatic heterocycles. The van der Waals surface area contributed by atoms with Crippen molar-refractivity contribution in [1.29, 1.82) is 0 Å². The smallest absolute Gasteiger partial charge is 0.0587 e. The van der Waals surface area contributed by atoms with E-state index in [1.54, 1.807) is 7.11 Å². The zero-order valence-corrected chi connectivity index (χ0v) is 13.9. The molecule has 0 heterocycles. The van der Waals surface area contributed by atoms with Crippen molar-refractivity contribution in [2.24, 2.45) is 5.41 Å². The van der Waals surface area contributed by atoms with Gasteiger partial charge < -0.3 is 15.0 Å². The molecule has 20 heavy (non-hydrogen) atoms. The second-order valence-corrected chi connectivity index (χ2v) is 6.49. The van der Waals surface area contributed by atoms with Gasteiger partial charge in [-0.1, -0.05) is 32.9 Å². The van der Waals surface area contributed by atoms with Crippen molar-refractivity contribution in [2.75, 3.05) is 32.2 Å². The van der Waals surface area contributed by atoms with Crippen LogP contribution in [0.2, 0.25) is 0 Å². The lowest BCUT2D eigenvalue weighted by Crippen LogP contribution is -2.39. The molecule has 0 radical (unpaired) electrons. The van der Waals surface area contributed by atoms with E-state index >= 15 is 0 Å². The van der Waals surface area contributed by atoms with Crippen molar-refractivity contribution >= 4 is 5.69 Å². The number of nitrogens with one attached hydrogen (secondary N) is 1. The van der Waals surface area contributed by atoms with Gasteiger partial charge in [-0.2, -0.15) is 0 Å². The average Bonchev–Trinajstić information content (AvgIpc) is 2.41. The Bertz CT molecular complexity index is 381. The molecule has 3 nitrogen and oxygen atoms in total. The molecule has 0 saturated carbocycles. The summed E-state index contributed by atoms with van der Waals surface area (Å²) in [6.07, 6.45) is 0. The van der Waals surface area contributed by atoms with Gasteiger partial charge in [-0.25, -0.2) is 0 Å². The number of methoxy groups -OCH3 is 1. The second-order valence-electron chi connectivity index (χ2n) is 6.49. The molecule has 114 valence electrons. The first-order chi connectivity index (χ1) is 9.36. The van der Waals surface area contributed by atoms with Crippen LogP contribution in [0.15, 0.2) is 24.3 Å². The Labute approximate surface area is 124 Å². The predicted octanol–water partition coefficient (Wildman–Crippen LogP) is 3.29. The Balaban J connectivity index is 2.57. The fraction of sp³-hybridized carbons (Fsp3) is 0.647. The lowest BCUT2D eigenvalue weighted by molar-refractivity contribution is 0.199. The van der Waals surface area contributed by atoms with Crippen LogP contribution in [0.4, 0.5) is 5.69 Å². The standard InChI is InChI=1S/C17H30N2O/c1-14(17(2,3)4)19(5)16-9-7-15(8-10-16)13-18-11-12-20-6/h7-10,14,18H,11-13H2,1-6H3. The molecule has 1 aromatic rings. The number of anilines is 1. The highest BCUT2D eigenvalue weighted by molar-refractivity contribution is 5.48. The molecular formula is C17H30N2O. The quantitative estimate of drug-likeness (QED) is 0.775. The Kier molecular flexibility index (Phi) is 6.50. The fourth-order valence-electron chi connectivity index (χ4n) is 2.06. The Morgan fingerprint density at radius 1 is 1.20 bits per heavy atom. The maximum atomic E-state index is 5.02. The monoisotopic (exact) mass is 278 g/mol. The molecule has 0 bridgehead atoms. The van der Waals surface area contributed by atoms with Crippen LogP contribution in [0.1, 0.15) is 33.3 Å². The molecule has 1 rings (SSSR count). The maximum absolute atomic E-state index is 5.02. The minimum atomic E-state index is 0.273. The van der Waals surface area contributed by atoms with Gasteiger partial charge in [-0.15, -0.1) is 0 Å². The molecule has 0 fully saturated rings. The minimum absolute atomic E-state index is 0.273. The number of nitrogens with zero attached hydrogens (tertiary/aromatic N) is 1. The van der Waals surface area contributed by atoms with Crippen molar-refractivity contribution in [3.63, 3.8) is 0 Å². The molecule has 0 aliphatic rings. The fourth-order valence-corrected chi connectivity index (χ4v) is 2.06. The van der Waals surface area contributed by atoms with Crippen LogP contribution in [0.5, 0.6) is 0 Å². The van der Waals surface area contributed by atoms with Gasteiger partial charge in [0.05, 0.1) is 6.61 Å². The second kappa shape index (κ2) is 7.65. The van der Waals surface area contributed by atoms with Crippen LogP contribution in [-0.2, 0) is 11.3 Å². The summed E-state index contributed by atoms with van der Waals surface area (Å²) in [6.45, 7) is 11.7. The first kappa shape index (κ1) is 17.0. The third-order valence-electron chi connectivity index (χ3n) is 3.99. The molecule has 0 aliphatic carbocycles. The summed E-state index contributed by atoms with van der Waals surface area (Å²) >= 11 is 0. The number of benzene rings is 1. The van der Waals surface area contributed by atoms with Crippen LogP contribution in [0.25, 0.3) is 0 Å². The Morgan fingerprint density at radius 2 is 1.80 bits per heavy atom. The molecule has 0 spiro atoms. The first-order valence-corrected chi connectivity index (χ1v) is 7.37. The maximum Gasteiger partial charge on any atom is 0.0587 e. The molecule has 0 aliphatic heterocycles. The van der Waals surface area contributed by atoms with E-state index in [1.165, 1.54) is 11.3 Å². The zero-order chi connectivity index (χ0) is 15.2. The van der Waals surface area contributed by atoms with Gasteiger partial charge in [-0.05, 0) is 30.0 Å². The van der Waals surface area contributed by atoms with Crippen LogP contribution in [0.3, 0.4) is 0 Å². The highest BCUT2D eigenvalue weighted by atomic mass is 16.5. The van der Waals surface area contributed by atoms with Crippen molar-refractivity contribution in [2.45, 2.75) is 40.3 Å². The third kappa shape index (κ3) is 5.14. The van der Waals surface area contributed by atoms with Crippen molar-refractivity contribution in [1.82, 2.24) is 5.32 Å². The average molecular weight is 278 g/mol. The number of ether oxygens (including phenoxy) is 1. The number of hydrogen-bond acceptors (Lipinski definition) is 3. The summed E-state index contributed by atoms with van der Waals surface area (Å²) in [5.74, 6) is 0. The van der Waals surface area contributed by atoms with Gasteiger partial charge >= 0.3 is 0 Å². The molecule has 0 saturated heterocycles. The molecule has 3 heteroatoms. The molecule has 0 amide bonds. The van der Waals surface area contributed by atoms with Gasteiger partial charge in [0.1, 0.15) is 0 Å². The highest BCUT2D eigenvalue weighted by Crippen LogP contribution is 2.27. The highest BCUT2D eigenvalue weighted by Gasteiger charge is 2.23. The van der Waals surface area contributed by atoms with Gasteiger partial charge in [0, 0.05) is 39.0 Å². The number of rotatable bonds is 7. The van der Waals surface area contributed by atoms with E-state index in [2.05, 4.69) is 69.2 Å². The van der Waals surface area contributed by atoms with E-state index in [0.717, 1.165) is 19.7 Å². The number of hydrogen-bond donors (Lipinski definition) is 1. The van der Waals surface area contributed by atoms with Crippen LogP contribution in [-0.4, -0.2) is 33.4 Å². The van der Waals surface area contributed by atoms with Crippen LogP contribution in [0, 0.1) is 5.41 Å². The first-order valence-electron chi connectivity index (χ1n) is 7.37. The van der Waals surface area contributed by atoms with E-state index in [0.29, 0.717) is 6.04 Å². The predicted molar refractivity (Wildman–Crippen MR) is 87.3 cm³/mol. The van der Waals surface area contributed by atoms with Gasteiger partial charge in [0.15, 0.2) is 0 Å². The SMILES string of the molecule is COCCNCc1ccc(N(C)C(C)C(C)(C)C)cc1. The van der Waals surface area contributed by atoms with E-state index in [4.69, 9.17) is 4.74 Å². The summed E-state index contributed by atoms with van der Waals surface area (Å²) in [6, 6.07) is 9.29. The lowest BCUT2D eigenvalue weighted by atomic mass is 9.87. The van der Waals surface area contributed by atoms with Crippen molar-refractivity contribution in [3.05, 3.63) is 29.8 Å². The summed E-state index contributed by atoms with van der Waals surface area (Å²) in [5.41, 5.74) is 2.85. The van der Waals surface area contributed by atoms with E-state index in [1.807, 2.05) is 0 Å². The summed E-state index contributed by atoms with van der Waals surface area (Å²) in [4.78, 5) is 2.35. The van der Waals surface area contributed by atoms with Gasteiger partial charge in [-0.3, -0.25) is 0 Å². The van der Waals surface area contributed by atoms with Crippen LogP contribution < -0.4 is 10.2 Å². The van der Waals surface area contributed by atoms with Crippen molar-refractivity contribution in [3.8, 4) is 0 Å². The van der Waals surface area contributed by atoms with Gasteiger partial charge in [0.25, 0.3) is 0 Å². The molecule has 1 aromatic carbocycles. The zero-order valence-electron chi connectivity index (χ0n) is 13.9. The normalized spacial score (nSPS) is 13.3. The van der Waals surface area contributed by atoms with E-state index in [-0.39, 0.29) is 5.41 Å². The van der Waals surface area contributed by atoms with E-state index in [9.17, 15) is 0 Å². The largest absolute Gasteiger partial charge is 0.383 e. The molecule has 1 unspecified atom stereocenters. The van der Waals surface area contributed by atoms with Gasteiger partial charge in [0.2, 0.25) is 0 Å².